The van der Waals surface area contributed by atoms with Crippen LogP contribution in [0.25, 0.3) is 10.8 Å². The third-order valence-electron chi connectivity index (χ3n) is 5.30. The molecule has 1 aliphatic rings. The van der Waals surface area contributed by atoms with Gasteiger partial charge in [0.2, 0.25) is 11.8 Å². The van der Waals surface area contributed by atoms with E-state index in [9.17, 15) is 9.59 Å². The maximum atomic E-state index is 13.2. The quantitative estimate of drug-likeness (QED) is 0.735. The molecule has 148 valence electrons. The smallest absolute Gasteiger partial charge is 0.241 e. The van der Waals surface area contributed by atoms with Gasteiger partial charge in [0.25, 0.3) is 0 Å². The summed E-state index contributed by atoms with van der Waals surface area (Å²) in [5, 5.41) is 5.31. The molecule has 0 aliphatic carbocycles. The lowest BCUT2D eigenvalue weighted by Gasteiger charge is -2.29. The Morgan fingerprint density at radius 2 is 1.79 bits per heavy atom. The van der Waals surface area contributed by atoms with Crippen molar-refractivity contribution in [2.45, 2.75) is 25.9 Å². The molecule has 1 atom stereocenters. The van der Waals surface area contributed by atoms with E-state index in [-0.39, 0.29) is 30.8 Å². The third kappa shape index (κ3) is 4.15. The number of anilines is 2. The van der Waals surface area contributed by atoms with Gasteiger partial charge in [-0.1, -0.05) is 48.5 Å². The van der Waals surface area contributed by atoms with Gasteiger partial charge < -0.3 is 10.2 Å². The van der Waals surface area contributed by atoms with Gasteiger partial charge in [0.05, 0.1) is 17.9 Å². The lowest BCUT2D eigenvalue weighted by Crippen LogP contribution is -2.44. The Balaban J connectivity index is 1.51. The molecule has 1 heterocycles. The van der Waals surface area contributed by atoms with Crippen LogP contribution in [0.5, 0.6) is 0 Å². The van der Waals surface area contributed by atoms with Crippen molar-refractivity contribution in [2.24, 2.45) is 0 Å². The molecule has 0 radical (unpaired) electrons. The summed E-state index contributed by atoms with van der Waals surface area (Å²) in [5.41, 5.74) is 2.61. The van der Waals surface area contributed by atoms with Crippen molar-refractivity contribution in [2.75, 3.05) is 23.8 Å². The third-order valence-corrected chi connectivity index (χ3v) is 5.30. The number of hydrogen-bond acceptors (Lipinski definition) is 3. The Labute approximate surface area is 170 Å². The van der Waals surface area contributed by atoms with E-state index in [4.69, 9.17) is 0 Å². The molecule has 0 saturated heterocycles. The molecule has 0 spiro atoms. The molecule has 0 aromatic heterocycles. The van der Waals surface area contributed by atoms with Gasteiger partial charge in [-0.05, 0) is 48.5 Å². The van der Waals surface area contributed by atoms with Crippen molar-refractivity contribution in [3.8, 4) is 0 Å². The minimum absolute atomic E-state index is 0.00950. The average Bonchev–Trinajstić information content (AvgIpc) is 2.81. The Morgan fingerprint density at radius 1 is 1.07 bits per heavy atom. The van der Waals surface area contributed by atoms with Crippen LogP contribution in [-0.2, 0) is 16.1 Å². The number of likely N-dealkylation sites (N-methyl/N-ethyl adjacent to an activating group) is 1. The molecular weight excluding hydrogens is 362 g/mol. The second kappa shape index (κ2) is 8.05. The highest BCUT2D eigenvalue weighted by molar-refractivity contribution is 6.04. The largest absolute Gasteiger partial charge is 0.324 e. The van der Waals surface area contributed by atoms with E-state index >= 15 is 0 Å². The molecule has 0 bridgehead atoms. The molecule has 4 rings (SSSR count). The van der Waals surface area contributed by atoms with Gasteiger partial charge in [-0.3, -0.25) is 14.5 Å². The number of hydrogen-bond donors (Lipinski definition) is 1. The second-order valence-corrected chi connectivity index (χ2v) is 7.74. The van der Waals surface area contributed by atoms with Crippen LogP contribution in [0.15, 0.2) is 66.7 Å². The Morgan fingerprint density at radius 3 is 2.62 bits per heavy atom. The minimum Gasteiger partial charge on any atom is -0.324 e. The fourth-order valence-electron chi connectivity index (χ4n) is 3.98. The topological polar surface area (TPSA) is 52.7 Å². The van der Waals surface area contributed by atoms with E-state index < -0.39 is 0 Å². The van der Waals surface area contributed by atoms with Crippen LogP contribution in [-0.4, -0.2) is 36.3 Å². The Bertz CT molecular complexity index is 1060. The van der Waals surface area contributed by atoms with E-state index in [2.05, 4.69) is 35.6 Å². The van der Waals surface area contributed by atoms with Crippen LogP contribution in [0.2, 0.25) is 0 Å². The van der Waals surface area contributed by atoms with Gasteiger partial charge in [0.1, 0.15) is 0 Å². The van der Waals surface area contributed by atoms with E-state index in [0.717, 1.165) is 5.69 Å². The standard InChI is InChI=1S/C24H25N3O2/c1-17-13-23(28)25-21-9-5-6-10-22(21)27(17)24(29)16-26(2)15-18-11-12-19-7-3-4-8-20(19)14-18/h3-12,14,17H,13,15-16H2,1-2H3,(H,25,28)/t17-/m1/s1. The molecule has 0 saturated carbocycles. The fourth-order valence-corrected chi connectivity index (χ4v) is 3.98. The monoisotopic (exact) mass is 387 g/mol. The molecule has 29 heavy (non-hydrogen) atoms. The molecule has 0 fully saturated rings. The summed E-state index contributed by atoms with van der Waals surface area (Å²) in [4.78, 5) is 29.1. The Kier molecular flexibility index (Phi) is 5.32. The van der Waals surface area contributed by atoms with Crippen molar-refractivity contribution in [3.63, 3.8) is 0 Å². The van der Waals surface area contributed by atoms with Crippen LogP contribution in [0, 0.1) is 0 Å². The van der Waals surface area contributed by atoms with Gasteiger partial charge in [-0.2, -0.15) is 0 Å². The number of amides is 2. The van der Waals surface area contributed by atoms with E-state index in [0.29, 0.717) is 12.2 Å². The number of carbonyl (C=O) groups is 2. The van der Waals surface area contributed by atoms with Gasteiger partial charge in [0.15, 0.2) is 0 Å². The molecule has 1 aliphatic heterocycles. The summed E-state index contributed by atoms with van der Waals surface area (Å²) in [7, 11) is 1.95. The predicted octanol–water partition coefficient (Wildman–Crippen LogP) is 4.04. The number of para-hydroxylation sites is 2. The molecule has 1 N–H and O–H groups in total. The van der Waals surface area contributed by atoms with Crippen molar-refractivity contribution < 1.29 is 9.59 Å². The molecule has 2 amide bonds. The molecular formula is C24H25N3O2. The Hall–Kier alpha value is -3.18. The van der Waals surface area contributed by atoms with Gasteiger partial charge in [-0.25, -0.2) is 0 Å². The number of carbonyl (C=O) groups excluding carboxylic acids is 2. The van der Waals surface area contributed by atoms with Crippen LogP contribution in [0.4, 0.5) is 11.4 Å². The van der Waals surface area contributed by atoms with Crippen molar-refractivity contribution >= 4 is 34.0 Å². The molecule has 3 aromatic carbocycles. The van der Waals surface area contributed by atoms with E-state index in [1.807, 2.05) is 55.3 Å². The lowest BCUT2D eigenvalue weighted by molar-refractivity contribution is -0.120. The van der Waals surface area contributed by atoms with Crippen LogP contribution in [0.1, 0.15) is 18.9 Å². The zero-order valence-corrected chi connectivity index (χ0v) is 16.8. The highest BCUT2D eigenvalue weighted by Gasteiger charge is 2.29. The van der Waals surface area contributed by atoms with Gasteiger partial charge in [-0.15, -0.1) is 0 Å². The maximum Gasteiger partial charge on any atom is 0.241 e. The molecule has 5 heteroatoms. The summed E-state index contributed by atoms with van der Waals surface area (Å²) in [6.07, 6.45) is 0.287. The number of nitrogens with one attached hydrogen (secondary N) is 1. The second-order valence-electron chi connectivity index (χ2n) is 7.74. The molecule has 0 unspecified atom stereocenters. The van der Waals surface area contributed by atoms with Crippen LogP contribution < -0.4 is 10.2 Å². The summed E-state index contributed by atoms with van der Waals surface area (Å²) < 4.78 is 0. The SMILES string of the molecule is C[C@@H]1CC(=O)Nc2ccccc2N1C(=O)CN(C)Cc1ccc2ccccc2c1. The zero-order valence-electron chi connectivity index (χ0n) is 16.8. The number of fused-ring (bicyclic) bond motifs is 2. The molecule has 3 aromatic rings. The summed E-state index contributed by atoms with van der Waals surface area (Å²) in [6.45, 7) is 2.88. The van der Waals surface area contributed by atoms with Crippen LogP contribution >= 0.6 is 0 Å². The summed E-state index contributed by atoms with van der Waals surface area (Å²) in [5.74, 6) is -0.0745. The zero-order chi connectivity index (χ0) is 20.4. The average molecular weight is 387 g/mol. The minimum atomic E-state index is -0.194. The number of benzene rings is 3. The van der Waals surface area contributed by atoms with Crippen LogP contribution in [0.3, 0.4) is 0 Å². The number of nitrogens with zero attached hydrogens (tertiary/aromatic N) is 2. The first-order valence-corrected chi connectivity index (χ1v) is 9.88. The maximum absolute atomic E-state index is 13.2. The van der Waals surface area contributed by atoms with Gasteiger partial charge in [0, 0.05) is 19.0 Å². The first kappa shape index (κ1) is 19.2. The first-order chi connectivity index (χ1) is 14.0. The lowest BCUT2D eigenvalue weighted by atomic mass is 10.1. The predicted molar refractivity (Wildman–Crippen MR) is 117 cm³/mol. The van der Waals surface area contributed by atoms with Crippen molar-refractivity contribution in [3.05, 3.63) is 72.3 Å². The van der Waals surface area contributed by atoms with Gasteiger partial charge >= 0.3 is 0 Å². The molecule has 5 nitrogen and oxygen atoms in total. The van der Waals surface area contributed by atoms with E-state index in [1.165, 1.54) is 16.3 Å². The highest BCUT2D eigenvalue weighted by atomic mass is 16.2. The highest BCUT2D eigenvalue weighted by Crippen LogP contribution is 2.31. The summed E-state index contributed by atoms with van der Waals surface area (Å²) >= 11 is 0. The van der Waals surface area contributed by atoms with E-state index in [1.54, 1.807) is 4.90 Å². The normalized spacial score (nSPS) is 16.4. The first-order valence-electron chi connectivity index (χ1n) is 9.88. The van der Waals surface area contributed by atoms with Crippen molar-refractivity contribution in [1.82, 2.24) is 4.90 Å². The van der Waals surface area contributed by atoms with Crippen molar-refractivity contribution in [1.29, 1.82) is 0 Å². The summed E-state index contributed by atoms with van der Waals surface area (Å²) in [6, 6.07) is 21.9. The number of rotatable bonds is 4. The fraction of sp³-hybridized carbons (Fsp3) is 0.250.